The Labute approximate surface area is 119 Å². The largest absolute Gasteiger partial charge is 0.481 e. The normalized spacial score (nSPS) is 15.2. The Bertz CT molecular complexity index is 435. The second-order valence-corrected chi connectivity index (χ2v) is 5.09. The van der Waals surface area contributed by atoms with E-state index in [1.165, 1.54) is 24.3 Å². The number of hydrogen-bond acceptors (Lipinski definition) is 3. The van der Waals surface area contributed by atoms with Crippen molar-refractivity contribution in [2.24, 2.45) is 0 Å². The summed E-state index contributed by atoms with van der Waals surface area (Å²) in [6, 6.07) is 5.52. The van der Waals surface area contributed by atoms with Crippen molar-refractivity contribution in [2.45, 2.75) is 45.3 Å². The molecule has 0 bridgehead atoms. The Hall–Kier alpha value is -1.62. The fourth-order valence-electron chi connectivity index (χ4n) is 1.74. The maximum atomic E-state index is 12.8. The first-order chi connectivity index (χ1) is 9.40. The molecule has 20 heavy (non-hydrogen) atoms. The SMILES string of the molecule is CCC(C)(CCO)NC(=O)C(C)Oc1ccc(F)cc1. The number of amides is 1. The fourth-order valence-corrected chi connectivity index (χ4v) is 1.74. The zero-order valence-electron chi connectivity index (χ0n) is 12.1. The number of benzene rings is 1. The summed E-state index contributed by atoms with van der Waals surface area (Å²) in [5.41, 5.74) is -0.452. The molecule has 112 valence electrons. The molecule has 0 radical (unpaired) electrons. The van der Waals surface area contributed by atoms with Crippen molar-refractivity contribution in [1.82, 2.24) is 5.32 Å². The van der Waals surface area contributed by atoms with Gasteiger partial charge in [-0.25, -0.2) is 4.39 Å². The van der Waals surface area contributed by atoms with Crippen molar-refractivity contribution in [2.75, 3.05) is 6.61 Å². The van der Waals surface area contributed by atoms with Crippen LogP contribution in [-0.2, 0) is 4.79 Å². The van der Waals surface area contributed by atoms with Gasteiger partial charge in [-0.05, 0) is 51.0 Å². The van der Waals surface area contributed by atoms with Gasteiger partial charge in [0, 0.05) is 12.1 Å². The molecule has 0 aliphatic carbocycles. The Morgan fingerprint density at radius 3 is 2.55 bits per heavy atom. The summed E-state index contributed by atoms with van der Waals surface area (Å²) in [4.78, 5) is 12.1. The summed E-state index contributed by atoms with van der Waals surface area (Å²) in [5, 5.41) is 11.9. The molecule has 1 rings (SSSR count). The van der Waals surface area contributed by atoms with Crippen LogP contribution in [0, 0.1) is 5.82 Å². The molecule has 0 heterocycles. The van der Waals surface area contributed by atoms with Crippen molar-refractivity contribution >= 4 is 5.91 Å². The molecule has 2 N–H and O–H groups in total. The summed E-state index contributed by atoms with van der Waals surface area (Å²) >= 11 is 0. The van der Waals surface area contributed by atoms with Crippen LogP contribution in [0.2, 0.25) is 0 Å². The van der Waals surface area contributed by atoms with Crippen molar-refractivity contribution in [3.05, 3.63) is 30.1 Å². The van der Waals surface area contributed by atoms with Crippen molar-refractivity contribution in [3.8, 4) is 5.75 Å². The summed E-state index contributed by atoms with van der Waals surface area (Å²) in [6.45, 7) is 5.47. The number of aliphatic hydroxyl groups is 1. The molecule has 1 aromatic rings. The Kier molecular flexibility index (Phi) is 5.95. The molecule has 0 saturated heterocycles. The van der Waals surface area contributed by atoms with Crippen LogP contribution >= 0.6 is 0 Å². The van der Waals surface area contributed by atoms with E-state index in [1.54, 1.807) is 6.92 Å². The molecule has 0 aromatic heterocycles. The monoisotopic (exact) mass is 283 g/mol. The smallest absolute Gasteiger partial charge is 0.261 e. The maximum Gasteiger partial charge on any atom is 0.261 e. The van der Waals surface area contributed by atoms with Crippen LogP contribution in [-0.4, -0.2) is 29.3 Å². The van der Waals surface area contributed by atoms with Crippen LogP contribution in [0.4, 0.5) is 4.39 Å². The first-order valence-corrected chi connectivity index (χ1v) is 6.75. The summed E-state index contributed by atoms with van der Waals surface area (Å²) in [6.07, 6.45) is 0.506. The number of hydrogen-bond donors (Lipinski definition) is 2. The fraction of sp³-hybridized carbons (Fsp3) is 0.533. The van der Waals surface area contributed by atoms with Gasteiger partial charge in [-0.3, -0.25) is 4.79 Å². The molecule has 0 aliphatic heterocycles. The van der Waals surface area contributed by atoms with Gasteiger partial charge < -0.3 is 15.2 Å². The Morgan fingerprint density at radius 2 is 2.05 bits per heavy atom. The van der Waals surface area contributed by atoms with Gasteiger partial charge in [0.1, 0.15) is 11.6 Å². The highest BCUT2D eigenvalue weighted by molar-refractivity contribution is 5.81. The highest BCUT2D eigenvalue weighted by Crippen LogP contribution is 2.16. The van der Waals surface area contributed by atoms with E-state index in [0.717, 1.165) is 0 Å². The Balaban J connectivity index is 2.60. The van der Waals surface area contributed by atoms with Crippen LogP contribution < -0.4 is 10.1 Å². The number of aliphatic hydroxyl groups excluding tert-OH is 1. The van der Waals surface area contributed by atoms with E-state index in [2.05, 4.69) is 5.32 Å². The minimum atomic E-state index is -0.690. The first kappa shape index (κ1) is 16.4. The molecule has 0 fully saturated rings. The summed E-state index contributed by atoms with van der Waals surface area (Å²) < 4.78 is 18.2. The van der Waals surface area contributed by atoms with Crippen LogP contribution in [0.1, 0.15) is 33.6 Å². The maximum absolute atomic E-state index is 12.8. The van der Waals surface area contributed by atoms with Crippen LogP contribution in [0.3, 0.4) is 0 Å². The lowest BCUT2D eigenvalue weighted by Crippen LogP contribution is -2.50. The molecular weight excluding hydrogens is 261 g/mol. The number of ether oxygens (including phenoxy) is 1. The van der Waals surface area contributed by atoms with E-state index in [0.29, 0.717) is 18.6 Å². The molecule has 5 heteroatoms. The highest BCUT2D eigenvalue weighted by atomic mass is 19.1. The van der Waals surface area contributed by atoms with E-state index in [4.69, 9.17) is 9.84 Å². The molecule has 0 spiro atoms. The van der Waals surface area contributed by atoms with Gasteiger partial charge in [0.2, 0.25) is 0 Å². The second-order valence-electron chi connectivity index (χ2n) is 5.09. The lowest BCUT2D eigenvalue weighted by Gasteiger charge is -2.30. The van der Waals surface area contributed by atoms with E-state index in [9.17, 15) is 9.18 Å². The van der Waals surface area contributed by atoms with Gasteiger partial charge in [0.05, 0.1) is 0 Å². The minimum Gasteiger partial charge on any atom is -0.481 e. The Morgan fingerprint density at radius 1 is 1.45 bits per heavy atom. The molecule has 2 atom stereocenters. The topological polar surface area (TPSA) is 58.6 Å². The van der Waals surface area contributed by atoms with Crippen LogP contribution in [0.25, 0.3) is 0 Å². The summed E-state index contributed by atoms with van der Waals surface area (Å²) in [7, 11) is 0. The number of nitrogens with one attached hydrogen (secondary N) is 1. The molecule has 1 amide bonds. The number of carbonyl (C=O) groups excluding carboxylic acids is 1. The molecule has 0 aliphatic rings. The van der Waals surface area contributed by atoms with Gasteiger partial charge in [0.15, 0.2) is 6.10 Å². The van der Waals surface area contributed by atoms with Crippen molar-refractivity contribution in [3.63, 3.8) is 0 Å². The van der Waals surface area contributed by atoms with Crippen molar-refractivity contribution in [1.29, 1.82) is 0 Å². The average Bonchev–Trinajstić information content (AvgIpc) is 2.41. The van der Waals surface area contributed by atoms with Gasteiger partial charge >= 0.3 is 0 Å². The van der Waals surface area contributed by atoms with Gasteiger partial charge in [-0.1, -0.05) is 6.92 Å². The molecule has 0 saturated carbocycles. The van der Waals surface area contributed by atoms with Crippen LogP contribution in [0.15, 0.2) is 24.3 Å². The molecular formula is C15H22FNO3. The van der Waals surface area contributed by atoms with E-state index in [-0.39, 0.29) is 18.3 Å². The highest BCUT2D eigenvalue weighted by Gasteiger charge is 2.26. The zero-order chi connectivity index (χ0) is 15.2. The molecule has 1 aromatic carbocycles. The lowest BCUT2D eigenvalue weighted by molar-refractivity contribution is -0.129. The number of carbonyl (C=O) groups is 1. The predicted octanol–water partition coefficient (Wildman–Crippen LogP) is 2.26. The lowest BCUT2D eigenvalue weighted by atomic mass is 9.94. The van der Waals surface area contributed by atoms with Crippen LogP contribution in [0.5, 0.6) is 5.75 Å². The van der Waals surface area contributed by atoms with Gasteiger partial charge in [-0.2, -0.15) is 0 Å². The average molecular weight is 283 g/mol. The van der Waals surface area contributed by atoms with E-state index < -0.39 is 11.6 Å². The third-order valence-corrected chi connectivity index (χ3v) is 3.36. The third kappa shape index (κ3) is 4.81. The zero-order valence-corrected chi connectivity index (χ0v) is 12.1. The predicted molar refractivity (Wildman–Crippen MR) is 75.0 cm³/mol. The number of rotatable bonds is 7. The van der Waals surface area contributed by atoms with E-state index in [1.807, 2.05) is 13.8 Å². The van der Waals surface area contributed by atoms with Gasteiger partial charge in [0.25, 0.3) is 5.91 Å². The second kappa shape index (κ2) is 7.24. The quantitative estimate of drug-likeness (QED) is 0.807. The summed E-state index contributed by atoms with van der Waals surface area (Å²) in [5.74, 6) is -0.169. The number of halogens is 1. The minimum absolute atomic E-state index is 0.0117. The standard InChI is InChI=1S/C15H22FNO3/c1-4-15(3,9-10-18)17-14(19)11(2)20-13-7-5-12(16)6-8-13/h5-8,11,18H,4,9-10H2,1-3H3,(H,17,19). The molecule has 4 nitrogen and oxygen atoms in total. The first-order valence-electron chi connectivity index (χ1n) is 6.75. The molecule has 2 unspecified atom stereocenters. The van der Waals surface area contributed by atoms with E-state index >= 15 is 0 Å². The van der Waals surface area contributed by atoms with Gasteiger partial charge in [-0.15, -0.1) is 0 Å². The third-order valence-electron chi connectivity index (χ3n) is 3.36. The van der Waals surface area contributed by atoms with Crippen molar-refractivity contribution < 1.29 is 19.0 Å².